The van der Waals surface area contributed by atoms with E-state index in [4.69, 9.17) is 5.11 Å². The van der Waals surface area contributed by atoms with E-state index >= 15 is 0 Å². The number of hydrogen-bond donors (Lipinski definition) is 4. The molecule has 1 fully saturated rings. The monoisotopic (exact) mass is 438 g/mol. The summed E-state index contributed by atoms with van der Waals surface area (Å²) in [7, 11) is 0. The van der Waals surface area contributed by atoms with Crippen molar-refractivity contribution in [2.24, 2.45) is 0 Å². The average Bonchev–Trinajstić information content (AvgIpc) is 3.15. The number of aromatic nitrogens is 1. The second kappa shape index (κ2) is 8.10. The first-order valence-electron chi connectivity index (χ1n) is 9.71. The number of carbonyl (C=O) groups is 2. The van der Waals surface area contributed by atoms with Crippen molar-refractivity contribution in [2.45, 2.75) is 30.7 Å². The number of fused-ring (bicyclic) bond motifs is 3. The summed E-state index contributed by atoms with van der Waals surface area (Å²) < 4.78 is 38.7. The molecule has 2 unspecified atom stereocenters. The second-order valence-electron chi connectivity index (χ2n) is 7.40. The number of pyridine rings is 1. The third-order valence-corrected chi connectivity index (χ3v) is 5.39. The molecular weight excluding hydrogens is 417 g/mol. The predicted octanol–water partition coefficient (Wildman–Crippen LogP) is 0.740. The molecule has 0 spiro atoms. The maximum Gasteiger partial charge on any atom is 0.410 e. The van der Waals surface area contributed by atoms with E-state index < -0.39 is 36.8 Å². The van der Waals surface area contributed by atoms with Gasteiger partial charge in [0.2, 0.25) is 5.91 Å². The normalized spacial score (nSPS) is 23.2. The minimum atomic E-state index is -4.78. The number of aliphatic hydroxyl groups excluding tert-OH is 1. The zero-order chi connectivity index (χ0) is 22.2. The van der Waals surface area contributed by atoms with Crippen LogP contribution in [0.4, 0.5) is 23.8 Å². The molecule has 0 aromatic carbocycles. The van der Waals surface area contributed by atoms with Gasteiger partial charge in [0.05, 0.1) is 18.3 Å². The van der Waals surface area contributed by atoms with Crippen LogP contribution < -0.4 is 16.0 Å². The second-order valence-corrected chi connectivity index (χ2v) is 7.40. The molecule has 0 radical (unpaired) electrons. The van der Waals surface area contributed by atoms with Crippen molar-refractivity contribution >= 4 is 17.8 Å². The largest absolute Gasteiger partial charge is 0.410 e. The van der Waals surface area contributed by atoms with Crippen molar-refractivity contribution in [1.82, 2.24) is 25.4 Å². The third-order valence-electron chi connectivity index (χ3n) is 5.39. The molecule has 4 N–H and O–H groups in total. The smallest absolute Gasteiger partial charge is 0.394 e. The van der Waals surface area contributed by atoms with E-state index in [-0.39, 0.29) is 6.04 Å². The number of carbonyl (C=O) groups excluding carboxylic acids is 2. The molecule has 4 heterocycles. The molecule has 0 aliphatic carbocycles. The van der Waals surface area contributed by atoms with Crippen molar-refractivity contribution in [2.75, 3.05) is 25.0 Å². The first-order chi connectivity index (χ1) is 14.8. The summed E-state index contributed by atoms with van der Waals surface area (Å²) in [5, 5.41) is 16.4. The van der Waals surface area contributed by atoms with Crippen molar-refractivity contribution in [1.29, 1.82) is 0 Å². The Labute approximate surface area is 175 Å². The molecule has 9 nitrogen and oxygen atoms in total. The number of dihydropyridines is 1. The summed E-state index contributed by atoms with van der Waals surface area (Å²) in [5.74, 6) is -0.263. The highest BCUT2D eigenvalue weighted by Crippen LogP contribution is 2.33. The maximum absolute atomic E-state index is 13.0. The number of rotatable bonds is 4. The molecule has 3 aliphatic rings. The minimum Gasteiger partial charge on any atom is -0.394 e. The van der Waals surface area contributed by atoms with Crippen LogP contribution >= 0.6 is 0 Å². The van der Waals surface area contributed by atoms with Gasteiger partial charge in [-0.15, -0.1) is 0 Å². The van der Waals surface area contributed by atoms with Crippen LogP contribution in [0.25, 0.3) is 0 Å². The quantitative estimate of drug-likeness (QED) is 0.552. The fourth-order valence-electron chi connectivity index (χ4n) is 3.86. The van der Waals surface area contributed by atoms with Gasteiger partial charge in [0.15, 0.2) is 0 Å². The van der Waals surface area contributed by atoms with Gasteiger partial charge < -0.3 is 20.6 Å². The number of nitrogens with one attached hydrogen (secondary N) is 3. The van der Waals surface area contributed by atoms with Gasteiger partial charge in [0, 0.05) is 19.3 Å². The Hall–Kier alpha value is -3.28. The molecule has 0 saturated carbocycles. The molecule has 1 aromatic heterocycles. The lowest BCUT2D eigenvalue weighted by molar-refractivity contribution is -0.168. The number of halogens is 3. The lowest BCUT2D eigenvalue weighted by atomic mass is 10.1. The summed E-state index contributed by atoms with van der Waals surface area (Å²) in [6, 6.07) is 0.937. The first-order valence-corrected chi connectivity index (χ1v) is 9.71. The molecule has 3 amide bonds. The summed E-state index contributed by atoms with van der Waals surface area (Å²) in [5.41, 5.74) is 0.684. The molecule has 12 heteroatoms. The Morgan fingerprint density at radius 2 is 2.16 bits per heavy atom. The lowest BCUT2D eigenvalue weighted by Crippen LogP contribution is -2.58. The summed E-state index contributed by atoms with van der Waals surface area (Å²) in [6.45, 7) is 0.0481. The van der Waals surface area contributed by atoms with Crippen LogP contribution in [-0.4, -0.2) is 75.8 Å². The number of hydrogen-bond acceptors (Lipinski definition) is 6. The Morgan fingerprint density at radius 3 is 2.84 bits per heavy atom. The van der Waals surface area contributed by atoms with E-state index in [0.717, 1.165) is 0 Å². The Balaban J connectivity index is 1.53. The zero-order valence-electron chi connectivity index (χ0n) is 16.3. The average molecular weight is 438 g/mol. The van der Waals surface area contributed by atoms with Crippen LogP contribution in [0.1, 0.15) is 6.42 Å². The number of alkyl halides is 3. The molecule has 166 valence electrons. The highest BCUT2D eigenvalue weighted by molar-refractivity contribution is 5.91. The van der Waals surface area contributed by atoms with Gasteiger partial charge in [0.1, 0.15) is 23.7 Å². The van der Waals surface area contributed by atoms with E-state index in [2.05, 4.69) is 20.5 Å². The zero-order valence-corrected chi connectivity index (χ0v) is 16.3. The van der Waals surface area contributed by atoms with Gasteiger partial charge in [-0.2, -0.15) is 13.2 Å². The predicted molar refractivity (Wildman–Crippen MR) is 103 cm³/mol. The lowest BCUT2D eigenvalue weighted by Gasteiger charge is -2.41. The molecule has 3 atom stereocenters. The van der Waals surface area contributed by atoms with Crippen molar-refractivity contribution < 1.29 is 27.9 Å². The van der Waals surface area contributed by atoms with E-state index in [1.807, 2.05) is 0 Å². The molecule has 31 heavy (non-hydrogen) atoms. The van der Waals surface area contributed by atoms with E-state index in [9.17, 15) is 22.8 Å². The molecular formula is C19H21F3N6O3. The Kier molecular flexibility index (Phi) is 5.48. The van der Waals surface area contributed by atoms with E-state index in [1.165, 1.54) is 17.2 Å². The topological polar surface area (TPSA) is 110 Å². The Bertz CT molecular complexity index is 920. The fourth-order valence-corrected chi connectivity index (χ4v) is 3.86. The van der Waals surface area contributed by atoms with Gasteiger partial charge in [-0.05, 0) is 24.6 Å². The first kappa shape index (κ1) is 21.0. The number of amides is 3. The third kappa shape index (κ3) is 4.15. The van der Waals surface area contributed by atoms with Gasteiger partial charge in [0.25, 0.3) is 0 Å². The molecule has 1 aromatic rings. The summed E-state index contributed by atoms with van der Waals surface area (Å²) in [4.78, 5) is 33.1. The van der Waals surface area contributed by atoms with Crippen LogP contribution in [0.2, 0.25) is 0 Å². The number of urea groups is 1. The minimum absolute atomic E-state index is 0.162. The van der Waals surface area contributed by atoms with Crippen molar-refractivity contribution in [3.05, 3.63) is 48.1 Å². The van der Waals surface area contributed by atoms with Gasteiger partial charge >= 0.3 is 12.2 Å². The Morgan fingerprint density at radius 1 is 1.35 bits per heavy atom. The van der Waals surface area contributed by atoms with Crippen LogP contribution in [-0.2, 0) is 4.79 Å². The highest BCUT2D eigenvalue weighted by Gasteiger charge is 2.44. The molecule has 2 bridgehead atoms. The number of aliphatic hydroxyl groups is 1. The standard InChI is InChI=1S/C19H21F3N6O3/c20-19(21,22)14(10-29)25-17(30)12-4-5-13-16(24-12)28(11-6-8-27(13)9-11)18(31)26-15-3-1-2-7-23-15/h1-5,7,11-12,14,24,29H,6,8-10H2,(H,25,30)(H,23,26,31)/t11-,12?,14?/m0/s1. The van der Waals surface area contributed by atoms with E-state index in [0.29, 0.717) is 36.8 Å². The number of anilines is 1. The maximum atomic E-state index is 13.0. The van der Waals surface area contributed by atoms with Crippen LogP contribution in [0, 0.1) is 0 Å². The van der Waals surface area contributed by atoms with Crippen molar-refractivity contribution in [3.63, 3.8) is 0 Å². The number of allylic oxidation sites excluding steroid dienone is 1. The fraction of sp³-hybridized carbons (Fsp3) is 0.421. The van der Waals surface area contributed by atoms with Crippen LogP contribution in [0.3, 0.4) is 0 Å². The van der Waals surface area contributed by atoms with Crippen LogP contribution in [0.15, 0.2) is 48.1 Å². The van der Waals surface area contributed by atoms with Crippen molar-refractivity contribution in [3.8, 4) is 0 Å². The number of nitrogens with zero attached hydrogens (tertiary/aromatic N) is 3. The molecule has 1 saturated heterocycles. The highest BCUT2D eigenvalue weighted by atomic mass is 19.4. The molecule has 4 rings (SSSR count). The van der Waals surface area contributed by atoms with Gasteiger partial charge in [-0.3, -0.25) is 15.0 Å². The van der Waals surface area contributed by atoms with Crippen LogP contribution in [0.5, 0.6) is 0 Å². The van der Waals surface area contributed by atoms with E-state index in [1.54, 1.807) is 29.6 Å². The molecule has 3 aliphatic heterocycles. The summed E-state index contributed by atoms with van der Waals surface area (Å²) >= 11 is 0. The summed E-state index contributed by atoms with van der Waals surface area (Å²) in [6.07, 6.45) is 0.522. The van der Waals surface area contributed by atoms with Gasteiger partial charge in [-0.1, -0.05) is 12.1 Å². The SMILES string of the molecule is O=C(NC(CO)C(F)(F)F)C1C=CC2=C(N1)N(C(=O)Nc1ccccn1)[C@H]1CCN2C1. The van der Waals surface area contributed by atoms with Gasteiger partial charge in [-0.25, -0.2) is 9.78 Å².